The molecule has 5 nitrogen and oxygen atoms in total. The predicted octanol–water partition coefficient (Wildman–Crippen LogP) is 3.88. The zero-order valence-electron chi connectivity index (χ0n) is 14.1. The zero-order chi connectivity index (χ0) is 18.8. The number of nitrogens with zero attached hydrogens (tertiary/aromatic N) is 1. The lowest BCUT2D eigenvalue weighted by atomic mass is 10.1. The number of rotatable bonds is 5. The van der Waals surface area contributed by atoms with Crippen molar-refractivity contribution in [1.82, 2.24) is 4.90 Å². The number of hydrogen-bond donors (Lipinski definition) is 0. The van der Waals surface area contributed by atoms with Crippen molar-refractivity contribution in [3.05, 3.63) is 63.6 Å². The standard InChI is InChI=1S/C19H15Cl2NO4/c1-25-14-8-3-11(9-15(14)26-2)10-22-18(23)16(17(21)19(22)24)12-4-6-13(20)7-5-12/h3-9H,10H2,1-2H3. The van der Waals surface area contributed by atoms with Crippen molar-refractivity contribution in [3.63, 3.8) is 0 Å². The molecular weight excluding hydrogens is 377 g/mol. The van der Waals surface area contributed by atoms with Crippen molar-refractivity contribution in [3.8, 4) is 11.5 Å². The van der Waals surface area contributed by atoms with E-state index < -0.39 is 11.8 Å². The molecular formula is C19H15Cl2NO4. The smallest absolute Gasteiger partial charge is 0.273 e. The number of benzene rings is 2. The van der Waals surface area contributed by atoms with Crippen molar-refractivity contribution in [2.24, 2.45) is 0 Å². The third-order valence-corrected chi connectivity index (χ3v) is 4.64. The number of carbonyl (C=O) groups is 2. The summed E-state index contributed by atoms with van der Waals surface area (Å²) in [6, 6.07) is 11.8. The molecule has 2 aromatic carbocycles. The van der Waals surface area contributed by atoms with E-state index in [0.29, 0.717) is 27.6 Å². The molecule has 0 aromatic heterocycles. The Kier molecular flexibility index (Phi) is 5.20. The van der Waals surface area contributed by atoms with Gasteiger partial charge < -0.3 is 9.47 Å². The Hall–Kier alpha value is -2.50. The molecule has 26 heavy (non-hydrogen) atoms. The summed E-state index contributed by atoms with van der Waals surface area (Å²) < 4.78 is 10.4. The fraction of sp³-hybridized carbons (Fsp3) is 0.158. The Morgan fingerprint density at radius 3 is 2.15 bits per heavy atom. The van der Waals surface area contributed by atoms with Gasteiger partial charge in [0, 0.05) is 5.02 Å². The average molecular weight is 392 g/mol. The molecule has 0 fully saturated rings. The zero-order valence-corrected chi connectivity index (χ0v) is 15.6. The third-order valence-electron chi connectivity index (χ3n) is 4.03. The van der Waals surface area contributed by atoms with E-state index in [9.17, 15) is 9.59 Å². The highest BCUT2D eigenvalue weighted by molar-refractivity contribution is 6.55. The van der Waals surface area contributed by atoms with E-state index in [4.69, 9.17) is 32.7 Å². The minimum absolute atomic E-state index is 0.0747. The summed E-state index contributed by atoms with van der Waals surface area (Å²) in [5.74, 6) is 0.0999. The molecule has 1 aliphatic heterocycles. The molecule has 0 radical (unpaired) electrons. The van der Waals surface area contributed by atoms with Crippen LogP contribution in [0.25, 0.3) is 5.57 Å². The maximum Gasteiger partial charge on any atom is 0.273 e. The Bertz CT molecular complexity index is 906. The lowest BCUT2D eigenvalue weighted by molar-refractivity contribution is -0.137. The van der Waals surface area contributed by atoms with Crippen LogP contribution in [0.2, 0.25) is 5.02 Å². The Morgan fingerprint density at radius 2 is 1.54 bits per heavy atom. The van der Waals surface area contributed by atoms with Gasteiger partial charge in [-0.2, -0.15) is 0 Å². The van der Waals surface area contributed by atoms with Crippen LogP contribution in [-0.4, -0.2) is 30.9 Å². The summed E-state index contributed by atoms with van der Waals surface area (Å²) in [6.45, 7) is 0.0747. The van der Waals surface area contributed by atoms with Gasteiger partial charge in [-0.15, -0.1) is 0 Å². The fourth-order valence-electron chi connectivity index (χ4n) is 2.72. The van der Waals surface area contributed by atoms with Gasteiger partial charge in [0.05, 0.1) is 26.3 Å². The summed E-state index contributed by atoms with van der Waals surface area (Å²) in [4.78, 5) is 26.4. The van der Waals surface area contributed by atoms with E-state index in [1.165, 1.54) is 14.2 Å². The van der Waals surface area contributed by atoms with E-state index >= 15 is 0 Å². The predicted molar refractivity (Wildman–Crippen MR) is 99.3 cm³/mol. The molecule has 1 aliphatic rings. The number of carbonyl (C=O) groups excluding carboxylic acids is 2. The number of imide groups is 1. The second-order valence-electron chi connectivity index (χ2n) is 5.58. The van der Waals surface area contributed by atoms with Gasteiger partial charge in [0.15, 0.2) is 11.5 Å². The molecule has 0 N–H and O–H groups in total. The average Bonchev–Trinajstić information content (AvgIpc) is 2.86. The van der Waals surface area contributed by atoms with E-state index in [1.54, 1.807) is 42.5 Å². The molecule has 1 heterocycles. The summed E-state index contributed by atoms with van der Waals surface area (Å²) >= 11 is 12.0. The van der Waals surface area contributed by atoms with Gasteiger partial charge in [0.2, 0.25) is 0 Å². The third kappa shape index (κ3) is 3.28. The highest BCUT2D eigenvalue weighted by Gasteiger charge is 2.38. The van der Waals surface area contributed by atoms with Gasteiger partial charge in [0.25, 0.3) is 11.8 Å². The second-order valence-corrected chi connectivity index (χ2v) is 6.40. The first-order valence-electron chi connectivity index (χ1n) is 7.69. The van der Waals surface area contributed by atoms with Crippen LogP contribution < -0.4 is 9.47 Å². The SMILES string of the molecule is COc1ccc(CN2C(=O)C(Cl)=C(c3ccc(Cl)cc3)C2=O)cc1OC. The highest BCUT2D eigenvalue weighted by atomic mass is 35.5. The number of amides is 2. The second kappa shape index (κ2) is 7.40. The molecule has 2 aromatic rings. The van der Waals surface area contributed by atoms with Gasteiger partial charge >= 0.3 is 0 Å². The van der Waals surface area contributed by atoms with E-state index in [-0.39, 0.29) is 17.2 Å². The largest absolute Gasteiger partial charge is 0.493 e. The van der Waals surface area contributed by atoms with Gasteiger partial charge in [-0.25, -0.2) is 0 Å². The Morgan fingerprint density at radius 1 is 0.885 bits per heavy atom. The maximum absolute atomic E-state index is 12.8. The molecule has 0 aliphatic carbocycles. The van der Waals surface area contributed by atoms with Crippen LogP contribution >= 0.6 is 23.2 Å². The van der Waals surface area contributed by atoms with Crippen molar-refractivity contribution in [1.29, 1.82) is 0 Å². The van der Waals surface area contributed by atoms with E-state index in [0.717, 1.165) is 4.90 Å². The summed E-state index contributed by atoms with van der Waals surface area (Å²) in [6.07, 6.45) is 0. The Labute approximate surface area is 160 Å². The number of ether oxygens (including phenoxy) is 2. The van der Waals surface area contributed by atoms with Gasteiger partial charge in [-0.3, -0.25) is 14.5 Å². The summed E-state index contributed by atoms with van der Waals surface area (Å²) in [5.41, 5.74) is 1.44. The van der Waals surface area contributed by atoms with Crippen molar-refractivity contribution >= 4 is 40.6 Å². The summed E-state index contributed by atoms with van der Waals surface area (Å²) in [7, 11) is 3.05. The molecule has 134 valence electrons. The monoisotopic (exact) mass is 391 g/mol. The lowest BCUT2D eigenvalue weighted by Gasteiger charge is -2.16. The van der Waals surface area contributed by atoms with E-state index in [1.807, 2.05) is 0 Å². The first-order valence-corrected chi connectivity index (χ1v) is 8.44. The maximum atomic E-state index is 12.8. The minimum Gasteiger partial charge on any atom is -0.493 e. The first-order chi connectivity index (χ1) is 12.5. The first kappa shape index (κ1) is 18.3. The molecule has 2 amide bonds. The van der Waals surface area contributed by atoms with Crippen LogP contribution in [0.15, 0.2) is 47.5 Å². The molecule has 3 rings (SSSR count). The van der Waals surface area contributed by atoms with Crippen LogP contribution in [0.4, 0.5) is 0 Å². The van der Waals surface area contributed by atoms with Crippen molar-refractivity contribution in [2.75, 3.05) is 14.2 Å². The lowest BCUT2D eigenvalue weighted by Crippen LogP contribution is -2.30. The Balaban J connectivity index is 1.88. The van der Waals surface area contributed by atoms with E-state index in [2.05, 4.69) is 0 Å². The molecule has 0 bridgehead atoms. The summed E-state index contributed by atoms with van der Waals surface area (Å²) in [5, 5.41) is 0.433. The van der Waals surface area contributed by atoms with Crippen LogP contribution in [-0.2, 0) is 16.1 Å². The molecule has 0 saturated heterocycles. The van der Waals surface area contributed by atoms with Crippen LogP contribution in [0.1, 0.15) is 11.1 Å². The fourth-order valence-corrected chi connectivity index (χ4v) is 3.14. The number of hydrogen-bond acceptors (Lipinski definition) is 4. The highest BCUT2D eigenvalue weighted by Crippen LogP contribution is 2.34. The topological polar surface area (TPSA) is 55.8 Å². The molecule has 0 atom stereocenters. The number of methoxy groups -OCH3 is 2. The normalized spacial score (nSPS) is 14.2. The van der Waals surface area contributed by atoms with Gasteiger partial charge in [-0.1, -0.05) is 41.4 Å². The molecule has 0 unspecified atom stereocenters. The molecule has 0 spiro atoms. The minimum atomic E-state index is -0.531. The van der Waals surface area contributed by atoms with Crippen LogP contribution in [0, 0.1) is 0 Å². The quantitative estimate of drug-likeness (QED) is 0.725. The molecule has 0 saturated carbocycles. The number of halogens is 2. The molecule has 7 heteroatoms. The van der Waals surface area contributed by atoms with Gasteiger partial charge in [-0.05, 0) is 35.4 Å². The van der Waals surface area contributed by atoms with Crippen molar-refractivity contribution in [2.45, 2.75) is 6.54 Å². The van der Waals surface area contributed by atoms with Gasteiger partial charge in [0.1, 0.15) is 5.03 Å². The van der Waals surface area contributed by atoms with Crippen LogP contribution in [0.5, 0.6) is 11.5 Å². The van der Waals surface area contributed by atoms with Crippen molar-refractivity contribution < 1.29 is 19.1 Å². The van der Waals surface area contributed by atoms with Crippen LogP contribution in [0.3, 0.4) is 0 Å².